The van der Waals surface area contributed by atoms with Crippen LogP contribution in [0.15, 0.2) is 326 Å². The van der Waals surface area contributed by atoms with Gasteiger partial charge in [0, 0.05) is 83.8 Å². The summed E-state index contributed by atoms with van der Waals surface area (Å²) in [4.78, 5) is 7.38. The van der Waals surface area contributed by atoms with Crippen LogP contribution in [0, 0.1) is 24.7 Å². The van der Waals surface area contributed by atoms with Gasteiger partial charge in [0.15, 0.2) is 0 Å². The Hall–Kier alpha value is -10.4. The lowest BCUT2D eigenvalue weighted by Crippen LogP contribution is -2.48. The Balaban J connectivity index is 0.000000123. The second-order valence-corrected chi connectivity index (χ2v) is 45.3. The quantitative estimate of drug-likeness (QED) is 0.123. The van der Waals surface area contributed by atoms with Crippen molar-refractivity contribution in [3.05, 3.63) is 371 Å². The molecule has 5 spiro atoms. The number of alkyl halides is 4. The molecule has 0 amide bonds. The monoisotopic (exact) mass is 1900 g/mol. The summed E-state index contributed by atoms with van der Waals surface area (Å²) >= 11 is 0. The first-order valence-corrected chi connectivity index (χ1v) is 50.4. The van der Waals surface area contributed by atoms with Crippen molar-refractivity contribution in [1.82, 2.24) is 0 Å². The van der Waals surface area contributed by atoms with Crippen LogP contribution < -0.4 is 19.4 Å². The van der Waals surface area contributed by atoms with Gasteiger partial charge in [-0.3, -0.25) is 0 Å². The maximum atomic E-state index is 12.3. The molecule has 10 nitrogen and oxygen atoms in total. The fraction of sp³-hybridized carbons (Fsp3) is 0.444. The number of hydrogen-bond acceptors (Lipinski definition) is 10. The van der Waals surface area contributed by atoms with Crippen LogP contribution in [0.4, 0.5) is 46.0 Å². The van der Waals surface area contributed by atoms with Crippen LogP contribution in [0.5, 0.6) is 11.5 Å². The molecule has 14 heteroatoms. The Kier molecular flexibility index (Phi) is 27.1. The van der Waals surface area contributed by atoms with Crippen LogP contribution in [-0.4, -0.2) is 62.5 Å². The van der Waals surface area contributed by atoms with Crippen LogP contribution >= 0.6 is 0 Å². The molecule has 10 heterocycles. The van der Waals surface area contributed by atoms with Gasteiger partial charge in [-0.25, -0.2) is 4.74 Å². The number of fused-ring (bicyclic) bond motifs is 8. The number of halogens is 4. The molecule has 10 aliphatic heterocycles. The Bertz CT molecular complexity index is 6220. The highest BCUT2D eigenvalue weighted by atomic mass is 19.3. The molecule has 3 fully saturated rings. The average Bonchev–Trinajstić information content (AvgIpc) is 1.51. The fourth-order valence-electron chi connectivity index (χ4n) is 23.3. The minimum absolute atomic E-state index is 0.000579. The Labute approximate surface area is 834 Å². The van der Waals surface area contributed by atoms with Crippen LogP contribution in [-0.2, 0) is 45.2 Å². The number of aryl methyl sites for hydroxylation is 2. The van der Waals surface area contributed by atoms with E-state index in [0.29, 0.717) is 0 Å². The zero-order chi connectivity index (χ0) is 102. The highest BCUT2D eigenvalue weighted by molar-refractivity contribution is 5.87. The minimum Gasteiger partial charge on any atom is -0.457 e. The van der Waals surface area contributed by atoms with Crippen LogP contribution in [0.25, 0.3) is 0 Å². The maximum absolute atomic E-state index is 12.3. The molecule has 140 heavy (non-hydrogen) atoms. The van der Waals surface area contributed by atoms with Gasteiger partial charge in [-0.15, -0.1) is 0 Å². The van der Waals surface area contributed by atoms with Gasteiger partial charge in [0.2, 0.25) is 0 Å². The van der Waals surface area contributed by atoms with Gasteiger partial charge in [0.25, 0.3) is 0 Å². The van der Waals surface area contributed by atoms with E-state index in [1.807, 2.05) is 36.4 Å². The number of allylic oxidation sites excluding steroid dienone is 2. The highest BCUT2D eigenvalue weighted by Gasteiger charge is 2.64. The Morgan fingerprint density at radius 1 is 0.236 bits per heavy atom. The van der Waals surface area contributed by atoms with Gasteiger partial charge < -0.3 is 43.1 Å². The molecule has 0 unspecified atom stereocenters. The van der Waals surface area contributed by atoms with Crippen molar-refractivity contribution in [3.8, 4) is 11.5 Å². The molecular formula is C126H153F4N3O7. The molecule has 22 rings (SSSR count). The third-order valence-electron chi connectivity index (χ3n) is 35.6. The van der Waals surface area contributed by atoms with E-state index in [9.17, 15) is 17.6 Å². The molecule has 9 aromatic rings. The number of para-hydroxylation sites is 7. The molecule has 3 saturated carbocycles. The molecule has 0 bridgehead atoms. The first-order chi connectivity index (χ1) is 65.3. The summed E-state index contributed by atoms with van der Waals surface area (Å²) in [5, 5.41) is 0. The summed E-state index contributed by atoms with van der Waals surface area (Å²) < 4.78 is 91.0. The zero-order valence-electron chi connectivity index (χ0n) is 90.0. The summed E-state index contributed by atoms with van der Waals surface area (Å²) in [5.74, 6) is 1.76. The summed E-state index contributed by atoms with van der Waals surface area (Å²) in [7, 11) is 0. The van der Waals surface area contributed by atoms with E-state index in [2.05, 4.69) is 441 Å². The first-order valence-electron chi connectivity index (χ1n) is 50.4. The Morgan fingerprint density at radius 3 is 0.821 bits per heavy atom. The molecule has 0 N–H and O–H groups in total. The number of rotatable bonds is 5. The van der Waals surface area contributed by atoms with Crippen molar-refractivity contribution in [2.75, 3.05) is 14.7 Å². The van der Waals surface area contributed by atoms with E-state index in [0.717, 1.165) is 42.2 Å². The van der Waals surface area contributed by atoms with Crippen molar-refractivity contribution in [3.63, 3.8) is 0 Å². The molecule has 0 aromatic heterocycles. The van der Waals surface area contributed by atoms with Crippen molar-refractivity contribution in [2.24, 2.45) is 10.8 Å². The SMILES string of the molecule is CC1=C(C)C(C)(C)C(C)(C)N1c1c(C)cccc1C.CC1=C(C)C(C)(C)C(C)(C)N1c1ccccc1.CC1=C(C)C(F)(F)OC1(F)F.CC1=C(C)C(c2ccccc2)(c2ccccc2)OC1(C)C.CC1=C(C)C2(CC2)OC1(C)C.CC1=C(C)C2(CC2)OC12CC2.CC1=C(C)C2(OC1(C)C)c1ccccc1N(c1ccccc1)c1ccccc12.CC1=C(C)C2(OC1(C)C)c1ccccc1Oc1ccccc12. The predicted octanol–water partition coefficient (Wildman–Crippen LogP) is 34.6. The third-order valence-corrected chi connectivity index (χ3v) is 35.6. The zero-order valence-corrected chi connectivity index (χ0v) is 90.0. The second-order valence-electron chi connectivity index (χ2n) is 45.3. The largest absolute Gasteiger partial charge is 0.457 e. The van der Waals surface area contributed by atoms with Gasteiger partial charge in [-0.2, -0.15) is 17.6 Å². The van der Waals surface area contributed by atoms with Crippen LogP contribution in [0.1, 0.15) is 305 Å². The average molecular weight is 1900 g/mol. The number of benzene rings is 9. The minimum atomic E-state index is -3.81. The second kappa shape index (κ2) is 36.5. The molecule has 9 aromatic carbocycles. The normalized spacial score (nSPS) is 23.0. The number of nitrogens with zero attached hydrogens (tertiary/aromatic N) is 3. The standard InChI is InChI=1S/C26H25NO.C20H20O2.C20H22O.C18H27N.C16H23N.C10H14O.C10H16O.C6H6F4O/c1-18-19(2)26(28-25(18,3)4)21-14-8-10-16-23(21)27(20-12-6-5-7-13-20)24-17-11-9-15-22(24)26;1-13-14(2)20(22-19(13,3)4)15-9-5-7-11-17(15)21-18-12-8-6-10-16(18)20;1-15-16(2)20(21-19(15,3)4,17-11-7-5-8-12-17)18-13-9-6-10-14-18;1-12-10-9-11-13(2)16(12)19-15(4)14(3)17(5,6)18(19,7)8;1-12-13(2)17(14-10-8-7-9-11-14)16(5,6)15(12,3)4;1-7-8(2)10(5-6-10)11-9(7)3-4-9;1-7-8(2)10(5-6-10)11-9(7,3)4;1-3-4(2)6(9,10)11-5(3,7)8/h5-17H,1-4H3;5-12H,1-4H3;5-14H,1-4H3;9-11H,1-8H3;7-11H,1-6H3;3-6H2,1-2H3;5-6H2,1-4H3;1-2H3. The number of hydrogen-bond donors (Lipinski definition) is 0. The van der Waals surface area contributed by atoms with E-state index < -0.39 is 40.2 Å². The predicted molar refractivity (Wildman–Crippen MR) is 568 cm³/mol. The first kappa shape index (κ1) is 104. The number of anilines is 5. The molecule has 0 atom stereocenters. The van der Waals surface area contributed by atoms with Crippen molar-refractivity contribution >= 4 is 28.4 Å². The smallest absolute Gasteiger partial charge is 0.384 e. The topological polar surface area (TPSA) is 74.3 Å². The number of ether oxygens (including phenoxy) is 7. The highest BCUT2D eigenvalue weighted by Crippen LogP contribution is 2.67. The molecule has 0 radical (unpaired) electrons. The van der Waals surface area contributed by atoms with Crippen LogP contribution in [0.2, 0.25) is 0 Å². The summed E-state index contributed by atoms with van der Waals surface area (Å²) in [6.45, 7) is 73.5. The van der Waals surface area contributed by atoms with Crippen LogP contribution in [0.3, 0.4) is 0 Å². The van der Waals surface area contributed by atoms with E-state index in [-0.39, 0.29) is 61.1 Å². The lowest BCUT2D eigenvalue weighted by atomic mass is 9.72. The fourth-order valence-corrected chi connectivity index (χ4v) is 23.3. The van der Waals surface area contributed by atoms with E-state index >= 15 is 0 Å². The van der Waals surface area contributed by atoms with E-state index in [1.54, 1.807) is 11.1 Å². The molecule has 742 valence electrons. The van der Waals surface area contributed by atoms with Gasteiger partial charge in [-0.05, 0) is 384 Å². The lowest BCUT2D eigenvalue weighted by molar-refractivity contribution is -0.322. The molecule has 3 aliphatic carbocycles. The van der Waals surface area contributed by atoms with E-state index in [4.69, 9.17) is 28.4 Å². The summed E-state index contributed by atoms with van der Waals surface area (Å²) in [6, 6.07) is 82.6. The molecule has 13 aliphatic rings. The summed E-state index contributed by atoms with van der Waals surface area (Å²) in [6.07, 6.45) is -0.0495. The molecular weight excluding hydrogens is 1740 g/mol. The van der Waals surface area contributed by atoms with Gasteiger partial charge in [0.05, 0.1) is 50.6 Å². The van der Waals surface area contributed by atoms with Gasteiger partial charge >= 0.3 is 12.2 Å². The van der Waals surface area contributed by atoms with Gasteiger partial charge in [-0.1, -0.05) is 216 Å². The van der Waals surface area contributed by atoms with Crippen molar-refractivity contribution < 1.29 is 50.7 Å². The van der Waals surface area contributed by atoms with Gasteiger partial charge in [0.1, 0.15) is 28.3 Å². The van der Waals surface area contributed by atoms with Crippen molar-refractivity contribution in [1.29, 1.82) is 0 Å². The molecule has 0 saturated heterocycles. The summed E-state index contributed by atoms with van der Waals surface area (Å²) in [5.41, 5.74) is 33.0. The lowest BCUT2D eigenvalue weighted by Gasteiger charge is -2.45. The third kappa shape index (κ3) is 17.2. The van der Waals surface area contributed by atoms with Crippen molar-refractivity contribution in [2.45, 2.75) is 353 Å². The Morgan fingerprint density at radius 2 is 0.521 bits per heavy atom. The van der Waals surface area contributed by atoms with E-state index in [1.165, 1.54) is 162 Å². The maximum Gasteiger partial charge on any atom is 0.384 e.